The smallest absolute Gasteiger partial charge is 0.201 e. The Morgan fingerprint density at radius 1 is 0.870 bits per heavy atom. The second-order valence-electron chi connectivity index (χ2n) is 6.72. The summed E-state index contributed by atoms with van der Waals surface area (Å²) in [6, 6.07) is 18.1. The SMILES string of the molecule is c1ccc2c(c1)Cc1ccccc1N1C(N3CCCC3)=NCC21. The molecular formula is C20H21N3. The maximum Gasteiger partial charge on any atom is 0.201 e. The highest BCUT2D eigenvalue weighted by Crippen LogP contribution is 2.40. The Balaban J connectivity index is 1.67. The second-order valence-corrected chi connectivity index (χ2v) is 6.72. The third-order valence-corrected chi connectivity index (χ3v) is 5.37. The molecule has 3 aliphatic rings. The van der Waals surface area contributed by atoms with Gasteiger partial charge in [0.2, 0.25) is 5.96 Å². The van der Waals surface area contributed by atoms with E-state index in [0.29, 0.717) is 6.04 Å². The van der Waals surface area contributed by atoms with Crippen molar-refractivity contribution in [2.75, 3.05) is 24.5 Å². The number of para-hydroxylation sites is 1. The predicted molar refractivity (Wildman–Crippen MR) is 94.0 cm³/mol. The van der Waals surface area contributed by atoms with Crippen molar-refractivity contribution in [3.05, 3.63) is 65.2 Å². The molecular weight excluding hydrogens is 282 g/mol. The number of hydrogen-bond acceptors (Lipinski definition) is 3. The Morgan fingerprint density at radius 3 is 2.48 bits per heavy atom. The predicted octanol–water partition coefficient (Wildman–Crippen LogP) is 3.60. The number of anilines is 1. The summed E-state index contributed by atoms with van der Waals surface area (Å²) in [7, 11) is 0. The molecule has 116 valence electrons. The van der Waals surface area contributed by atoms with Crippen molar-refractivity contribution in [3.63, 3.8) is 0 Å². The first-order chi connectivity index (χ1) is 11.4. The van der Waals surface area contributed by atoms with Gasteiger partial charge < -0.3 is 9.80 Å². The Morgan fingerprint density at radius 2 is 1.61 bits per heavy atom. The zero-order chi connectivity index (χ0) is 15.2. The third-order valence-electron chi connectivity index (χ3n) is 5.37. The first-order valence-electron chi connectivity index (χ1n) is 8.66. The van der Waals surface area contributed by atoms with E-state index in [4.69, 9.17) is 4.99 Å². The van der Waals surface area contributed by atoms with Gasteiger partial charge in [0, 0.05) is 18.8 Å². The molecule has 0 radical (unpaired) electrons. The molecule has 23 heavy (non-hydrogen) atoms. The van der Waals surface area contributed by atoms with Crippen molar-refractivity contribution in [2.45, 2.75) is 25.3 Å². The number of likely N-dealkylation sites (tertiary alicyclic amines) is 1. The van der Waals surface area contributed by atoms with Crippen LogP contribution < -0.4 is 4.90 Å². The van der Waals surface area contributed by atoms with Crippen LogP contribution in [-0.2, 0) is 6.42 Å². The van der Waals surface area contributed by atoms with Gasteiger partial charge in [-0.05, 0) is 42.0 Å². The molecule has 0 aromatic heterocycles. The molecule has 3 nitrogen and oxygen atoms in total. The number of guanidine groups is 1. The lowest BCUT2D eigenvalue weighted by Gasteiger charge is -2.32. The lowest BCUT2D eigenvalue weighted by molar-refractivity contribution is 0.509. The average molecular weight is 303 g/mol. The maximum absolute atomic E-state index is 4.97. The number of rotatable bonds is 0. The summed E-state index contributed by atoms with van der Waals surface area (Å²) in [4.78, 5) is 9.95. The molecule has 5 rings (SSSR count). The van der Waals surface area contributed by atoms with Crippen LogP contribution in [0.2, 0.25) is 0 Å². The largest absolute Gasteiger partial charge is 0.343 e. The molecule has 0 aliphatic carbocycles. The van der Waals surface area contributed by atoms with Crippen LogP contribution in [0.15, 0.2) is 53.5 Å². The first-order valence-corrected chi connectivity index (χ1v) is 8.66. The van der Waals surface area contributed by atoms with Crippen LogP contribution in [0.5, 0.6) is 0 Å². The van der Waals surface area contributed by atoms with Gasteiger partial charge in [-0.2, -0.15) is 0 Å². The van der Waals surface area contributed by atoms with Gasteiger partial charge >= 0.3 is 0 Å². The van der Waals surface area contributed by atoms with Crippen molar-refractivity contribution in [1.82, 2.24) is 4.90 Å². The monoisotopic (exact) mass is 303 g/mol. The molecule has 1 unspecified atom stereocenters. The molecule has 0 N–H and O–H groups in total. The minimum absolute atomic E-state index is 0.352. The Kier molecular flexibility index (Phi) is 2.93. The van der Waals surface area contributed by atoms with E-state index in [2.05, 4.69) is 58.3 Å². The van der Waals surface area contributed by atoms with E-state index in [0.717, 1.165) is 26.1 Å². The van der Waals surface area contributed by atoms with Gasteiger partial charge in [0.15, 0.2) is 0 Å². The number of nitrogens with zero attached hydrogens (tertiary/aromatic N) is 3. The number of hydrogen-bond donors (Lipinski definition) is 0. The molecule has 3 heteroatoms. The summed E-state index contributed by atoms with van der Waals surface area (Å²) in [6.07, 6.45) is 3.60. The lowest BCUT2D eigenvalue weighted by Crippen LogP contribution is -2.41. The van der Waals surface area contributed by atoms with Crippen molar-refractivity contribution < 1.29 is 0 Å². The van der Waals surface area contributed by atoms with Gasteiger partial charge in [-0.1, -0.05) is 42.5 Å². The number of benzene rings is 2. The Hall–Kier alpha value is -2.29. The van der Waals surface area contributed by atoms with Crippen LogP contribution in [0, 0.1) is 0 Å². The fraction of sp³-hybridized carbons (Fsp3) is 0.350. The second kappa shape index (κ2) is 5.12. The van der Waals surface area contributed by atoms with E-state index >= 15 is 0 Å². The van der Waals surface area contributed by atoms with Crippen LogP contribution in [0.25, 0.3) is 0 Å². The minimum atomic E-state index is 0.352. The van der Waals surface area contributed by atoms with Gasteiger partial charge in [-0.3, -0.25) is 4.99 Å². The summed E-state index contributed by atoms with van der Waals surface area (Å²) in [6.45, 7) is 3.16. The van der Waals surface area contributed by atoms with Crippen molar-refractivity contribution in [1.29, 1.82) is 0 Å². The zero-order valence-corrected chi connectivity index (χ0v) is 13.3. The summed E-state index contributed by atoms with van der Waals surface area (Å²) < 4.78 is 0. The average Bonchev–Trinajstić information content (AvgIpc) is 3.22. The topological polar surface area (TPSA) is 18.8 Å². The van der Waals surface area contributed by atoms with Crippen LogP contribution in [0.4, 0.5) is 5.69 Å². The van der Waals surface area contributed by atoms with Gasteiger partial charge in [-0.15, -0.1) is 0 Å². The Bertz CT molecular complexity index is 774. The molecule has 1 saturated heterocycles. The fourth-order valence-electron chi connectivity index (χ4n) is 4.27. The van der Waals surface area contributed by atoms with E-state index in [9.17, 15) is 0 Å². The molecule has 2 aromatic carbocycles. The van der Waals surface area contributed by atoms with E-state index < -0.39 is 0 Å². The summed E-state index contributed by atoms with van der Waals surface area (Å²) in [5.74, 6) is 1.19. The zero-order valence-electron chi connectivity index (χ0n) is 13.3. The maximum atomic E-state index is 4.97. The van der Waals surface area contributed by atoms with Crippen molar-refractivity contribution in [3.8, 4) is 0 Å². The molecule has 0 bridgehead atoms. The van der Waals surface area contributed by atoms with E-state index in [1.807, 2.05) is 0 Å². The molecule has 2 aromatic rings. The van der Waals surface area contributed by atoms with E-state index in [1.54, 1.807) is 0 Å². The summed E-state index contributed by atoms with van der Waals surface area (Å²) in [5.41, 5.74) is 5.65. The molecule has 3 aliphatic heterocycles. The van der Waals surface area contributed by atoms with Gasteiger partial charge in [-0.25, -0.2) is 0 Å². The van der Waals surface area contributed by atoms with Gasteiger partial charge in [0.1, 0.15) is 0 Å². The molecule has 1 fully saturated rings. The highest BCUT2D eigenvalue weighted by Gasteiger charge is 2.37. The van der Waals surface area contributed by atoms with E-state index in [1.165, 1.54) is 41.2 Å². The van der Waals surface area contributed by atoms with Crippen LogP contribution in [0.3, 0.4) is 0 Å². The molecule has 0 saturated carbocycles. The molecule has 1 atom stereocenters. The quantitative estimate of drug-likeness (QED) is 0.740. The fourth-order valence-corrected chi connectivity index (χ4v) is 4.27. The number of fused-ring (bicyclic) bond motifs is 5. The summed E-state index contributed by atoms with van der Waals surface area (Å²) >= 11 is 0. The Labute approximate surface area is 137 Å². The molecule has 0 spiro atoms. The number of aliphatic imine (C=N–C) groups is 1. The van der Waals surface area contributed by atoms with E-state index in [-0.39, 0.29) is 0 Å². The van der Waals surface area contributed by atoms with Crippen molar-refractivity contribution >= 4 is 11.6 Å². The minimum Gasteiger partial charge on any atom is -0.343 e. The highest BCUT2D eigenvalue weighted by molar-refractivity contribution is 6.00. The first kappa shape index (κ1) is 13.2. The highest BCUT2D eigenvalue weighted by atomic mass is 15.4. The van der Waals surface area contributed by atoms with Crippen LogP contribution >= 0.6 is 0 Å². The third kappa shape index (κ3) is 1.99. The lowest BCUT2D eigenvalue weighted by atomic mass is 9.97. The van der Waals surface area contributed by atoms with Gasteiger partial charge in [0.05, 0.1) is 12.6 Å². The normalized spacial score (nSPS) is 22.3. The van der Waals surface area contributed by atoms with Crippen molar-refractivity contribution in [2.24, 2.45) is 4.99 Å². The van der Waals surface area contributed by atoms with Gasteiger partial charge in [0.25, 0.3) is 0 Å². The molecule has 3 heterocycles. The van der Waals surface area contributed by atoms with Crippen LogP contribution in [-0.4, -0.2) is 30.5 Å². The standard InChI is InChI=1S/C20H21N3/c1-3-9-17-15(7-1)13-16-8-2-4-10-18(16)23-19(17)14-21-20(23)22-11-5-6-12-22/h1-4,7-10,19H,5-6,11-14H2. The summed E-state index contributed by atoms with van der Waals surface area (Å²) in [5, 5.41) is 0. The van der Waals surface area contributed by atoms with Crippen LogP contribution in [0.1, 0.15) is 35.6 Å². The molecule has 0 amide bonds.